The molecule has 0 spiro atoms. The standard InChI is InChI=1S/C13H14N2O3/c1-8-5-6-11(18-8)9(2)15-13(17)12-10(16)4-3-7-14-12/h3-7,9,16H,1-2H3,(H,15,17)/t9-/m0/s1. The third-order valence-electron chi connectivity index (χ3n) is 2.54. The Labute approximate surface area is 104 Å². The minimum Gasteiger partial charge on any atom is -0.505 e. The van der Waals surface area contributed by atoms with Gasteiger partial charge in [0.25, 0.3) is 5.91 Å². The molecule has 0 saturated heterocycles. The summed E-state index contributed by atoms with van der Waals surface area (Å²) in [6.07, 6.45) is 1.45. The average Bonchev–Trinajstić information content (AvgIpc) is 2.76. The molecule has 1 atom stereocenters. The monoisotopic (exact) mass is 246 g/mol. The number of furan rings is 1. The molecule has 0 fully saturated rings. The van der Waals surface area contributed by atoms with E-state index in [9.17, 15) is 9.90 Å². The van der Waals surface area contributed by atoms with E-state index in [1.165, 1.54) is 12.3 Å². The minimum atomic E-state index is -0.436. The molecule has 2 N–H and O–H groups in total. The van der Waals surface area contributed by atoms with Crippen LogP contribution < -0.4 is 5.32 Å². The van der Waals surface area contributed by atoms with Crippen molar-refractivity contribution in [1.29, 1.82) is 0 Å². The number of amides is 1. The fourth-order valence-electron chi connectivity index (χ4n) is 1.59. The lowest BCUT2D eigenvalue weighted by atomic mass is 10.2. The minimum absolute atomic E-state index is 0.00706. The highest BCUT2D eigenvalue weighted by atomic mass is 16.3. The topological polar surface area (TPSA) is 75.4 Å². The van der Waals surface area contributed by atoms with Gasteiger partial charge < -0.3 is 14.8 Å². The highest BCUT2D eigenvalue weighted by molar-refractivity contribution is 5.94. The first-order valence-electron chi connectivity index (χ1n) is 5.59. The van der Waals surface area contributed by atoms with Gasteiger partial charge in [0.15, 0.2) is 5.69 Å². The van der Waals surface area contributed by atoms with Gasteiger partial charge in [-0.3, -0.25) is 4.79 Å². The Morgan fingerprint density at radius 3 is 2.83 bits per heavy atom. The number of carbonyl (C=O) groups excluding carboxylic acids is 1. The lowest BCUT2D eigenvalue weighted by Crippen LogP contribution is -2.27. The zero-order valence-electron chi connectivity index (χ0n) is 10.2. The van der Waals surface area contributed by atoms with Crippen molar-refractivity contribution in [1.82, 2.24) is 10.3 Å². The molecule has 2 heterocycles. The number of hydrogen-bond acceptors (Lipinski definition) is 4. The van der Waals surface area contributed by atoms with E-state index < -0.39 is 5.91 Å². The fraction of sp³-hybridized carbons (Fsp3) is 0.231. The first-order valence-corrected chi connectivity index (χ1v) is 5.59. The SMILES string of the molecule is Cc1ccc([C@H](C)NC(=O)c2ncccc2O)o1. The first kappa shape index (κ1) is 12.2. The van der Waals surface area contributed by atoms with Crippen LogP contribution in [0.15, 0.2) is 34.9 Å². The lowest BCUT2D eigenvalue weighted by molar-refractivity contribution is 0.0927. The maximum Gasteiger partial charge on any atom is 0.274 e. The molecule has 2 aromatic rings. The first-order chi connectivity index (χ1) is 8.58. The molecule has 0 aliphatic rings. The second-order valence-corrected chi connectivity index (χ2v) is 4.01. The van der Waals surface area contributed by atoms with Gasteiger partial charge in [-0.25, -0.2) is 4.98 Å². The van der Waals surface area contributed by atoms with E-state index in [4.69, 9.17) is 4.42 Å². The summed E-state index contributed by atoms with van der Waals surface area (Å²) in [5, 5.41) is 12.2. The average molecular weight is 246 g/mol. The van der Waals surface area contributed by atoms with E-state index in [1.54, 1.807) is 19.1 Å². The van der Waals surface area contributed by atoms with Crippen molar-refractivity contribution in [3.05, 3.63) is 47.7 Å². The van der Waals surface area contributed by atoms with Gasteiger partial charge >= 0.3 is 0 Å². The van der Waals surface area contributed by atoms with Crippen molar-refractivity contribution < 1.29 is 14.3 Å². The molecule has 5 heteroatoms. The Morgan fingerprint density at radius 2 is 2.22 bits per heavy atom. The summed E-state index contributed by atoms with van der Waals surface area (Å²) in [6.45, 7) is 3.64. The Hall–Kier alpha value is -2.30. The highest BCUT2D eigenvalue weighted by Gasteiger charge is 2.17. The van der Waals surface area contributed by atoms with Gasteiger partial charge in [-0.2, -0.15) is 0 Å². The molecule has 0 unspecified atom stereocenters. The molecule has 0 saturated carbocycles. The van der Waals surface area contributed by atoms with Crippen molar-refractivity contribution in [2.24, 2.45) is 0 Å². The maximum absolute atomic E-state index is 11.9. The van der Waals surface area contributed by atoms with Crippen LogP contribution in [0.1, 0.15) is 35.0 Å². The second kappa shape index (κ2) is 4.91. The number of hydrogen-bond donors (Lipinski definition) is 2. The van der Waals surface area contributed by atoms with Crippen LogP contribution in [0.3, 0.4) is 0 Å². The summed E-state index contributed by atoms with van der Waals surface area (Å²) in [6, 6.07) is 6.33. The number of pyridine rings is 1. The van der Waals surface area contributed by atoms with Crippen LogP contribution in [0.4, 0.5) is 0 Å². The van der Waals surface area contributed by atoms with E-state index in [-0.39, 0.29) is 17.5 Å². The Morgan fingerprint density at radius 1 is 1.44 bits per heavy atom. The van der Waals surface area contributed by atoms with Crippen LogP contribution >= 0.6 is 0 Å². The molecule has 0 aliphatic heterocycles. The molecule has 2 aromatic heterocycles. The van der Waals surface area contributed by atoms with E-state index >= 15 is 0 Å². The summed E-state index contributed by atoms with van der Waals surface area (Å²) in [5.41, 5.74) is 0.00706. The maximum atomic E-state index is 11.9. The zero-order chi connectivity index (χ0) is 13.1. The summed E-state index contributed by atoms with van der Waals surface area (Å²) in [7, 11) is 0. The van der Waals surface area contributed by atoms with Crippen molar-refractivity contribution in [2.45, 2.75) is 19.9 Å². The molecular formula is C13H14N2O3. The number of rotatable bonds is 3. The summed E-state index contributed by atoms with van der Waals surface area (Å²) in [5.74, 6) is 0.871. The second-order valence-electron chi connectivity index (χ2n) is 4.01. The molecule has 94 valence electrons. The van der Waals surface area contributed by atoms with Crippen LogP contribution in [0.25, 0.3) is 0 Å². The number of nitrogens with one attached hydrogen (secondary N) is 1. The third kappa shape index (κ3) is 2.51. The van der Waals surface area contributed by atoms with Crippen molar-refractivity contribution in [2.75, 3.05) is 0 Å². The molecule has 2 rings (SSSR count). The van der Waals surface area contributed by atoms with E-state index in [1.807, 2.05) is 13.0 Å². The molecule has 5 nitrogen and oxygen atoms in total. The Kier molecular flexibility index (Phi) is 3.32. The van der Waals surface area contributed by atoms with Gasteiger partial charge in [0, 0.05) is 6.20 Å². The molecule has 0 aromatic carbocycles. The third-order valence-corrected chi connectivity index (χ3v) is 2.54. The molecular weight excluding hydrogens is 232 g/mol. The van der Waals surface area contributed by atoms with E-state index in [0.29, 0.717) is 5.76 Å². The van der Waals surface area contributed by atoms with Gasteiger partial charge in [0.2, 0.25) is 0 Å². The van der Waals surface area contributed by atoms with Crippen LogP contribution in [-0.2, 0) is 0 Å². The molecule has 0 aliphatic carbocycles. The Bertz CT molecular complexity index is 563. The molecule has 18 heavy (non-hydrogen) atoms. The molecule has 0 radical (unpaired) electrons. The van der Waals surface area contributed by atoms with Gasteiger partial charge in [0.1, 0.15) is 17.3 Å². The predicted octanol–water partition coefficient (Wildman–Crippen LogP) is 2.18. The fourth-order valence-corrected chi connectivity index (χ4v) is 1.59. The van der Waals surface area contributed by atoms with Crippen molar-refractivity contribution in [3.8, 4) is 5.75 Å². The molecule has 1 amide bonds. The van der Waals surface area contributed by atoms with Crippen LogP contribution in [-0.4, -0.2) is 16.0 Å². The van der Waals surface area contributed by atoms with Crippen LogP contribution in [0.5, 0.6) is 5.75 Å². The predicted molar refractivity (Wildman–Crippen MR) is 65.2 cm³/mol. The lowest BCUT2D eigenvalue weighted by Gasteiger charge is -2.11. The largest absolute Gasteiger partial charge is 0.505 e. The highest BCUT2D eigenvalue weighted by Crippen LogP contribution is 2.18. The van der Waals surface area contributed by atoms with Gasteiger partial charge in [-0.15, -0.1) is 0 Å². The van der Waals surface area contributed by atoms with Crippen LogP contribution in [0.2, 0.25) is 0 Å². The number of nitrogens with zero attached hydrogens (tertiary/aromatic N) is 1. The normalized spacial score (nSPS) is 12.1. The van der Waals surface area contributed by atoms with Gasteiger partial charge in [-0.05, 0) is 38.1 Å². The number of aromatic hydroxyl groups is 1. The van der Waals surface area contributed by atoms with Crippen LogP contribution in [0, 0.1) is 6.92 Å². The van der Waals surface area contributed by atoms with Gasteiger partial charge in [-0.1, -0.05) is 0 Å². The number of carbonyl (C=O) groups is 1. The summed E-state index contributed by atoms with van der Waals surface area (Å²) in [4.78, 5) is 15.7. The zero-order valence-corrected chi connectivity index (χ0v) is 10.2. The number of aryl methyl sites for hydroxylation is 1. The Balaban J connectivity index is 2.10. The molecule has 0 bridgehead atoms. The quantitative estimate of drug-likeness (QED) is 0.870. The number of aromatic nitrogens is 1. The van der Waals surface area contributed by atoms with E-state index in [0.717, 1.165) is 5.76 Å². The summed E-state index contributed by atoms with van der Waals surface area (Å²) < 4.78 is 5.41. The van der Waals surface area contributed by atoms with Gasteiger partial charge in [0.05, 0.1) is 6.04 Å². The van der Waals surface area contributed by atoms with Crippen molar-refractivity contribution >= 4 is 5.91 Å². The smallest absolute Gasteiger partial charge is 0.274 e. The van der Waals surface area contributed by atoms with E-state index in [2.05, 4.69) is 10.3 Å². The summed E-state index contributed by atoms with van der Waals surface area (Å²) >= 11 is 0. The van der Waals surface area contributed by atoms with Crippen molar-refractivity contribution in [3.63, 3.8) is 0 Å².